The van der Waals surface area contributed by atoms with E-state index in [1.807, 2.05) is 81.4 Å². The van der Waals surface area contributed by atoms with Crippen molar-refractivity contribution in [3.8, 4) is 0 Å². The zero-order valence-corrected chi connectivity index (χ0v) is 25.7. The van der Waals surface area contributed by atoms with Crippen LogP contribution in [0, 0.1) is 6.92 Å². The zero-order chi connectivity index (χ0) is 29.8. The van der Waals surface area contributed by atoms with E-state index in [4.69, 9.17) is 19.0 Å². The standard InChI is InChI=1S/C30H41N3O7Si/c1-21-19-33(28(36)31-27(21)35)30(41(22-13-9-7-10-14-22)23-15-11-8-12-16-23)26(37-17-18-39-32(5)6)25(34)24(40-30)20-38-29(2,3)4/h7-16,19,24-26,34,41H,17-18,20H2,1-6H3,(H,31,35,36)/t24-,25-,26-,30+/m1/s1. The molecule has 10 nitrogen and oxygen atoms in total. The Hall–Kier alpha value is -2.90. The predicted octanol–water partition coefficient (Wildman–Crippen LogP) is 0.532. The highest BCUT2D eigenvalue weighted by Gasteiger charge is 2.62. The Morgan fingerprint density at radius 1 is 1.02 bits per heavy atom. The molecule has 2 heterocycles. The molecular formula is C30H41N3O7Si. The number of aryl methyl sites for hydroxylation is 1. The van der Waals surface area contributed by atoms with Crippen molar-refractivity contribution in [2.45, 2.75) is 57.0 Å². The first-order valence-corrected chi connectivity index (χ1v) is 15.5. The number of nitrogens with one attached hydrogen (secondary N) is 1. The lowest BCUT2D eigenvalue weighted by Crippen LogP contribution is -2.69. The van der Waals surface area contributed by atoms with Crippen LogP contribution in [0.15, 0.2) is 76.4 Å². The third-order valence-electron chi connectivity index (χ3n) is 7.03. The molecular weight excluding hydrogens is 542 g/mol. The van der Waals surface area contributed by atoms with Crippen LogP contribution >= 0.6 is 0 Å². The second-order valence-electron chi connectivity index (χ2n) is 11.5. The van der Waals surface area contributed by atoms with Gasteiger partial charge < -0.3 is 19.3 Å². The van der Waals surface area contributed by atoms with E-state index in [1.165, 1.54) is 10.8 Å². The van der Waals surface area contributed by atoms with Gasteiger partial charge in [-0.05, 0) is 27.7 Å². The Bertz CT molecular complexity index is 1350. The molecule has 41 heavy (non-hydrogen) atoms. The van der Waals surface area contributed by atoms with Gasteiger partial charge in [0.15, 0.2) is 14.1 Å². The Kier molecular flexibility index (Phi) is 9.80. The van der Waals surface area contributed by atoms with E-state index in [9.17, 15) is 14.7 Å². The first-order valence-electron chi connectivity index (χ1n) is 13.8. The third kappa shape index (κ3) is 6.95. The molecule has 1 fully saturated rings. The van der Waals surface area contributed by atoms with Gasteiger partial charge in [0.1, 0.15) is 18.3 Å². The Morgan fingerprint density at radius 2 is 1.61 bits per heavy atom. The molecule has 2 aromatic carbocycles. The minimum absolute atomic E-state index is 0.0717. The average Bonchev–Trinajstić information content (AvgIpc) is 3.20. The SMILES string of the molecule is Cc1cn([C@]2([SiH](c3ccccc3)c3ccccc3)O[C@H](COC(C)(C)C)[C@@H](O)[C@H]2OCCON(C)C)c(=O)[nH]c1=O. The average molecular weight is 584 g/mol. The normalized spacial score (nSPS) is 23.0. The fourth-order valence-electron chi connectivity index (χ4n) is 5.25. The molecule has 0 spiro atoms. The van der Waals surface area contributed by atoms with E-state index in [0.717, 1.165) is 10.4 Å². The van der Waals surface area contributed by atoms with Crippen molar-refractivity contribution < 1.29 is 24.2 Å². The molecule has 0 unspecified atom stereocenters. The summed E-state index contributed by atoms with van der Waals surface area (Å²) in [5.41, 5.74) is -1.29. The maximum absolute atomic E-state index is 13.7. The van der Waals surface area contributed by atoms with Gasteiger partial charge in [-0.2, -0.15) is 5.06 Å². The van der Waals surface area contributed by atoms with Gasteiger partial charge in [-0.25, -0.2) is 4.79 Å². The summed E-state index contributed by atoms with van der Waals surface area (Å²) in [5, 5.41) is 13.9. The number of hydrogen-bond donors (Lipinski definition) is 2. The predicted molar refractivity (Wildman–Crippen MR) is 159 cm³/mol. The Balaban J connectivity index is 1.98. The number of benzene rings is 2. The molecule has 1 saturated heterocycles. The fraction of sp³-hybridized carbons (Fsp3) is 0.467. The highest BCUT2D eigenvalue weighted by molar-refractivity contribution is 6.86. The van der Waals surface area contributed by atoms with Crippen LogP contribution in [0.4, 0.5) is 0 Å². The molecule has 0 saturated carbocycles. The van der Waals surface area contributed by atoms with Gasteiger partial charge in [0.25, 0.3) is 5.56 Å². The number of hydroxylamine groups is 2. The topological polar surface area (TPSA) is 115 Å². The van der Waals surface area contributed by atoms with E-state index in [2.05, 4.69) is 4.98 Å². The minimum atomic E-state index is -2.68. The van der Waals surface area contributed by atoms with E-state index < -0.39 is 49.3 Å². The number of ether oxygens (including phenoxy) is 3. The van der Waals surface area contributed by atoms with Gasteiger partial charge in [-0.1, -0.05) is 71.0 Å². The van der Waals surface area contributed by atoms with Gasteiger partial charge in [-0.3, -0.25) is 19.2 Å². The maximum atomic E-state index is 13.7. The summed E-state index contributed by atoms with van der Waals surface area (Å²) in [6.07, 6.45) is -1.46. The van der Waals surface area contributed by atoms with Crippen molar-refractivity contribution in [3.05, 3.63) is 93.3 Å². The molecule has 1 aromatic heterocycles. The fourth-order valence-corrected chi connectivity index (χ4v) is 9.21. The van der Waals surface area contributed by atoms with E-state index in [0.29, 0.717) is 5.56 Å². The number of H-pyrrole nitrogens is 1. The van der Waals surface area contributed by atoms with Gasteiger partial charge in [0.2, 0.25) is 0 Å². The largest absolute Gasteiger partial charge is 0.387 e. The molecule has 0 bridgehead atoms. The molecule has 0 radical (unpaired) electrons. The first-order chi connectivity index (χ1) is 19.4. The van der Waals surface area contributed by atoms with Crippen LogP contribution in [0.25, 0.3) is 0 Å². The van der Waals surface area contributed by atoms with Crippen LogP contribution in [-0.2, 0) is 24.4 Å². The van der Waals surface area contributed by atoms with Gasteiger partial charge in [0, 0.05) is 25.9 Å². The lowest BCUT2D eigenvalue weighted by Gasteiger charge is -2.42. The van der Waals surface area contributed by atoms with Crippen LogP contribution in [0.3, 0.4) is 0 Å². The summed E-state index contributed by atoms with van der Waals surface area (Å²) in [6, 6.07) is 19.7. The summed E-state index contributed by atoms with van der Waals surface area (Å²) in [7, 11) is 0.868. The van der Waals surface area contributed by atoms with Crippen molar-refractivity contribution in [2.75, 3.05) is 33.9 Å². The summed E-state index contributed by atoms with van der Waals surface area (Å²) in [5.74, 6) is 0. The zero-order valence-electron chi connectivity index (χ0n) is 24.6. The number of nitrogens with zero attached hydrogens (tertiary/aromatic N) is 2. The van der Waals surface area contributed by atoms with Gasteiger partial charge >= 0.3 is 5.69 Å². The van der Waals surface area contributed by atoms with Crippen molar-refractivity contribution in [1.29, 1.82) is 0 Å². The molecule has 0 amide bonds. The summed E-state index contributed by atoms with van der Waals surface area (Å²) in [6.45, 7) is 7.83. The van der Waals surface area contributed by atoms with Crippen molar-refractivity contribution in [3.63, 3.8) is 0 Å². The number of aliphatic hydroxyl groups excluding tert-OH is 1. The Labute approximate surface area is 242 Å². The molecule has 2 N–H and O–H groups in total. The van der Waals surface area contributed by atoms with Gasteiger partial charge in [-0.15, -0.1) is 0 Å². The number of hydrogen-bond acceptors (Lipinski definition) is 8. The highest BCUT2D eigenvalue weighted by Crippen LogP contribution is 2.40. The van der Waals surface area contributed by atoms with Gasteiger partial charge in [0.05, 0.1) is 25.4 Å². The van der Waals surface area contributed by atoms with Crippen LogP contribution in [0.5, 0.6) is 0 Å². The number of rotatable bonds is 11. The molecule has 4 rings (SSSR count). The number of aromatic amines is 1. The second-order valence-corrected chi connectivity index (χ2v) is 14.5. The third-order valence-corrected chi connectivity index (χ3v) is 10.7. The Morgan fingerprint density at radius 3 is 2.15 bits per heavy atom. The smallest absolute Gasteiger partial charge is 0.330 e. The van der Waals surface area contributed by atoms with Crippen molar-refractivity contribution >= 4 is 19.2 Å². The number of aromatic nitrogens is 2. The quantitative estimate of drug-likeness (QED) is 0.191. The lowest BCUT2D eigenvalue weighted by atomic mass is 10.1. The molecule has 222 valence electrons. The summed E-state index contributed by atoms with van der Waals surface area (Å²) >= 11 is 0. The van der Waals surface area contributed by atoms with Crippen molar-refractivity contribution in [1.82, 2.24) is 14.6 Å². The second kappa shape index (κ2) is 12.9. The molecule has 0 aliphatic carbocycles. The minimum Gasteiger partial charge on any atom is -0.387 e. The summed E-state index contributed by atoms with van der Waals surface area (Å²) in [4.78, 5) is 34.2. The highest BCUT2D eigenvalue weighted by atomic mass is 28.3. The lowest BCUT2D eigenvalue weighted by molar-refractivity contribution is -0.159. The number of aliphatic hydroxyl groups is 1. The van der Waals surface area contributed by atoms with Crippen LogP contribution in [0.2, 0.25) is 0 Å². The molecule has 1 aliphatic rings. The molecule has 4 atom stereocenters. The van der Waals surface area contributed by atoms with E-state index >= 15 is 0 Å². The van der Waals surface area contributed by atoms with E-state index in [-0.39, 0.29) is 19.8 Å². The van der Waals surface area contributed by atoms with Crippen LogP contribution in [0.1, 0.15) is 26.3 Å². The van der Waals surface area contributed by atoms with Crippen LogP contribution < -0.4 is 21.6 Å². The summed E-state index contributed by atoms with van der Waals surface area (Å²) < 4.78 is 20.9. The first kappa shape index (κ1) is 31.0. The van der Waals surface area contributed by atoms with Crippen molar-refractivity contribution in [2.24, 2.45) is 0 Å². The maximum Gasteiger partial charge on any atom is 0.330 e. The monoisotopic (exact) mass is 583 g/mol. The van der Waals surface area contributed by atoms with Crippen LogP contribution in [-0.4, -0.2) is 86.3 Å². The molecule has 11 heteroatoms. The van der Waals surface area contributed by atoms with E-state index in [1.54, 1.807) is 26.1 Å². The molecule has 1 aliphatic heterocycles. The molecule has 3 aromatic rings.